The van der Waals surface area contributed by atoms with Crippen molar-refractivity contribution in [1.82, 2.24) is 9.36 Å². The molecule has 0 aromatic carbocycles. The Morgan fingerprint density at radius 1 is 1.77 bits per heavy atom. The maximum atomic E-state index is 9.08. The van der Waals surface area contributed by atoms with Gasteiger partial charge in [0.15, 0.2) is 4.34 Å². The summed E-state index contributed by atoms with van der Waals surface area (Å²) in [4.78, 5) is 4.02. The summed E-state index contributed by atoms with van der Waals surface area (Å²) in [5, 5.41) is 9.11. The molecule has 6 heteroatoms. The van der Waals surface area contributed by atoms with Gasteiger partial charge >= 0.3 is 0 Å². The van der Waals surface area contributed by atoms with Crippen LogP contribution in [0.15, 0.2) is 10.7 Å². The average Bonchev–Trinajstić information content (AvgIpc) is 2.65. The molecule has 3 N–H and O–H groups in total. The van der Waals surface area contributed by atoms with Gasteiger partial charge in [-0.3, -0.25) is 0 Å². The topological polar surface area (TPSA) is 72.0 Å². The lowest BCUT2D eigenvalue weighted by atomic mass is 10.2. The van der Waals surface area contributed by atoms with Crippen LogP contribution in [0.25, 0.3) is 0 Å². The fraction of sp³-hybridized carbons (Fsp3) is 0.714. The normalized spacial score (nSPS) is 15.6. The summed E-state index contributed by atoms with van der Waals surface area (Å²) in [6.07, 6.45) is 2.37. The van der Waals surface area contributed by atoms with Gasteiger partial charge in [-0.25, -0.2) is 4.98 Å². The Kier molecular flexibility index (Phi) is 4.65. The summed E-state index contributed by atoms with van der Waals surface area (Å²) in [5.41, 5.74) is 5.82. The molecule has 1 heterocycles. The van der Waals surface area contributed by atoms with Gasteiger partial charge in [-0.1, -0.05) is 18.7 Å². The Balaban J connectivity index is 2.49. The third-order valence-electron chi connectivity index (χ3n) is 1.72. The van der Waals surface area contributed by atoms with Crippen LogP contribution in [-0.4, -0.2) is 32.4 Å². The second-order valence-electron chi connectivity index (χ2n) is 2.62. The van der Waals surface area contributed by atoms with E-state index in [4.69, 9.17) is 10.8 Å². The van der Waals surface area contributed by atoms with Crippen molar-refractivity contribution in [2.24, 2.45) is 5.73 Å². The first kappa shape index (κ1) is 10.9. The molecule has 13 heavy (non-hydrogen) atoms. The summed E-state index contributed by atoms with van der Waals surface area (Å²) in [5.74, 6) is 0. The Bertz CT molecular complexity index is 230. The van der Waals surface area contributed by atoms with Gasteiger partial charge < -0.3 is 10.8 Å². The van der Waals surface area contributed by atoms with E-state index in [0.717, 1.165) is 10.8 Å². The molecule has 0 spiro atoms. The molecule has 1 rings (SSSR count). The van der Waals surface area contributed by atoms with Gasteiger partial charge in [0.05, 0.1) is 11.9 Å². The summed E-state index contributed by atoms with van der Waals surface area (Å²) in [6, 6.07) is 0.0129. The minimum absolute atomic E-state index is 0.0129. The second-order valence-corrected chi connectivity index (χ2v) is 4.88. The molecule has 1 aromatic heterocycles. The van der Waals surface area contributed by atoms with Crippen LogP contribution in [0.1, 0.15) is 13.3 Å². The van der Waals surface area contributed by atoms with Crippen molar-refractivity contribution in [3.8, 4) is 0 Å². The highest BCUT2D eigenvalue weighted by Crippen LogP contribution is 2.25. The van der Waals surface area contributed by atoms with E-state index in [1.165, 1.54) is 29.6 Å². The highest BCUT2D eigenvalue weighted by atomic mass is 32.2. The van der Waals surface area contributed by atoms with Crippen LogP contribution in [0.5, 0.6) is 0 Å². The van der Waals surface area contributed by atoms with Crippen LogP contribution in [0.3, 0.4) is 0 Å². The molecule has 0 saturated heterocycles. The maximum absolute atomic E-state index is 9.08. The standard InChI is InChI=1S/C7H13N3OS2/c1-2-5(8)6(3-11)12-7-9-4-10-13-7/h4-6,11H,2-3,8H2,1H3. The second kappa shape index (κ2) is 5.54. The van der Waals surface area contributed by atoms with Gasteiger partial charge in [-0.05, 0) is 18.0 Å². The molecule has 74 valence electrons. The lowest BCUT2D eigenvalue weighted by Gasteiger charge is -2.18. The van der Waals surface area contributed by atoms with Gasteiger partial charge in [-0.15, -0.1) is 0 Å². The number of hydrogen-bond donors (Lipinski definition) is 2. The molecular weight excluding hydrogens is 206 g/mol. The zero-order valence-electron chi connectivity index (χ0n) is 7.38. The van der Waals surface area contributed by atoms with Gasteiger partial charge in [0.1, 0.15) is 6.33 Å². The molecule has 0 aliphatic heterocycles. The van der Waals surface area contributed by atoms with Crippen molar-refractivity contribution in [3.63, 3.8) is 0 Å². The first-order chi connectivity index (χ1) is 6.27. The van der Waals surface area contributed by atoms with E-state index >= 15 is 0 Å². The van der Waals surface area contributed by atoms with E-state index < -0.39 is 0 Å². The van der Waals surface area contributed by atoms with Crippen LogP contribution in [0.4, 0.5) is 0 Å². The Morgan fingerprint density at radius 2 is 2.54 bits per heavy atom. The number of aliphatic hydroxyl groups excluding tert-OH is 1. The van der Waals surface area contributed by atoms with E-state index in [1.54, 1.807) is 0 Å². The van der Waals surface area contributed by atoms with Crippen LogP contribution in [0, 0.1) is 0 Å². The van der Waals surface area contributed by atoms with Crippen LogP contribution in [-0.2, 0) is 0 Å². The van der Waals surface area contributed by atoms with Gasteiger partial charge in [-0.2, -0.15) is 4.37 Å². The Labute approximate surface area is 85.7 Å². The van der Waals surface area contributed by atoms with Crippen molar-refractivity contribution >= 4 is 23.3 Å². The number of nitrogens with two attached hydrogens (primary N) is 1. The van der Waals surface area contributed by atoms with Gasteiger partial charge in [0, 0.05) is 6.04 Å². The molecule has 2 unspecified atom stereocenters. The SMILES string of the molecule is CCC(N)C(CO)Sc1ncns1. The molecular formula is C7H13N3OS2. The average molecular weight is 219 g/mol. The molecule has 0 bridgehead atoms. The van der Waals surface area contributed by atoms with E-state index in [-0.39, 0.29) is 17.9 Å². The highest BCUT2D eigenvalue weighted by Gasteiger charge is 2.17. The van der Waals surface area contributed by atoms with Crippen molar-refractivity contribution in [3.05, 3.63) is 6.33 Å². The molecule has 0 aliphatic rings. The molecule has 2 atom stereocenters. The molecule has 1 aromatic rings. The van der Waals surface area contributed by atoms with E-state index in [0.29, 0.717) is 0 Å². The van der Waals surface area contributed by atoms with Gasteiger partial charge in [0.2, 0.25) is 0 Å². The summed E-state index contributed by atoms with van der Waals surface area (Å²) in [6.45, 7) is 2.09. The number of aliphatic hydroxyl groups is 1. The van der Waals surface area contributed by atoms with E-state index in [9.17, 15) is 0 Å². The van der Waals surface area contributed by atoms with Gasteiger partial charge in [0.25, 0.3) is 0 Å². The van der Waals surface area contributed by atoms with Crippen LogP contribution in [0.2, 0.25) is 0 Å². The quantitative estimate of drug-likeness (QED) is 0.714. The first-order valence-electron chi connectivity index (χ1n) is 4.07. The van der Waals surface area contributed by atoms with Crippen LogP contribution < -0.4 is 5.73 Å². The van der Waals surface area contributed by atoms with E-state index in [1.807, 2.05) is 6.92 Å². The minimum Gasteiger partial charge on any atom is -0.395 e. The fourth-order valence-electron chi connectivity index (χ4n) is 0.867. The Hall–Kier alpha value is -0.170. The maximum Gasteiger partial charge on any atom is 0.170 e. The lowest BCUT2D eigenvalue weighted by molar-refractivity contribution is 0.281. The number of nitrogens with zero attached hydrogens (tertiary/aromatic N) is 2. The summed E-state index contributed by atoms with van der Waals surface area (Å²) >= 11 is 2.83. The first-order valence-corrected chi connectivity index (χ1v) is 5.73. The molecule has 0 aliphatic carbocycles. The van der Waals surface area contributed by atoms with Crippen molar-refractivity contribution in [2.45, 2.75) is 29.0 Å². The molecule has 0 fully saturated rings. The number of thioether (sulfide) groups is 1. The third-order valence-corrected chi connectivity index (χ3v) is 3.80. The largest absolute Gasteiger partial charge is 0.395 e. The number of hydrogen-bond acceptors (Lipinski definition) is 6. The monoisotopic (exact) mass is 219 g/mol. The van der Waals surface area contributed by atoms with Crippen molar-refractivity contribution in [2.75, 3.05) is 6.61 Å². The molecule has 0 radical (unpaired) electrons. The third kappa shape index (κ3) is 3.22. The smallest absolute Gasteiger partial charge is 0.170 e. The number of rotatable bonds is 5. The zero-order chi connectivity index (χ0) is 9.68. The molecule has 4 nitrogen and oxygen atoms in total. The molecule has 0 amide bonds. The highest BCUT2D eigenvalue weighted by molar-refractivity contribution is 8.01. The van der Waals surface area contributed by atoms with Crippen LogP contribution >= 0.6 is 23.3 Å². The predicted molar refractivity (Wildman–Crippen MR) is 54.9 cm³/mol. The zero-order valence-corrected chi connectivity index (χ0v) is 9.01. The molecule has 0 saturated carbocycles. The lowest BCUT2D eigenvalue weighted by Crippen LogP contribution is -2.34. The van der Waals surface area contributed by atoms with Crippen molar-refractivity contribution < 1.29 is 5.11 Å². The van der Waals surface area contributed by atoms with Crippen molar-refractivity contribution in [1.29, 1.82) is 0 Å². The predicted octanol–water partition coefficient (Wildman–Crippen LogP) is 0.728. The van der Waals surface area contributed by atoms with E-state index in [2.05, 4.69) is 9.36 Å². The summed E-state index contributed by atoms with van der Waals surface area (Å²) < 4.78 is 4.75. The minimum atomic E-state index is 0.0129. The Morgan fingerprint density at radius 3 is 3.00 bits per heavy atom. The number of aromatic nitrogens is 2. The summed E-state index contributed by atoms with van der Waals surface area (Å²) in [7, 11) is 0. The fourth-order valence-corrected chi connectivity index (χ4v) is 2.63.